The van der Waals surface area contributed by atoms with Crippen LogP contribution in [0.5, 0.6) is 0 Å². The van der Waals surface area contributed by atoms with E-state index in [0.717, 1.165) is 6.07 Å². The third-order valence-corrected chi connectivity index (χ3v) is 4.94. The number of alkyl halides is 2. The number of amidine groups is 1. The SMILES string of the molecule is NC1=N[C@](c2cc(Nc3nccn4c(Br)cnc34)ccc2F)(C(F)F)COC1. The Bertz CT molecular complexity index is 1070. The molecular formula is C17H14BrF3N6O. The van der Waals surface area contributed by atoms with Crippen molar-refractivity contribution in [3.63, 3.8) is 0 Å². The van der Waals surface area contributed by atoms with Crippen LogP contribution in [-0.2, 0) is 10.3 Å². The van der Waals surface area contributed by atoms with Gasteiger partial charge in [-0.15, -0.1) is 0 Å². The van der Waals surface area contributed by atoms with Gasteiger partial charge in [-0.05, 0) is 34.1 Å². The maximum absolute atomic E-state index is 14.5. The highest BCUT2D eigenvalue weighted by atomic mass is 79.9. The average molecular weight is 455 g/mol. The minimum absolute atomic E-state index is 0.0747. The number of benzene rings is 1. The van der Waals surface area contributed by atoms with Crippen molar-refractivity contribution in [2.75, 3.05) is 18.5 Å². The Morgan fingerprint density at radius 3 is 2.89 bits per heavy atom. The molecule has 1 aliphatic heterocycles. The zero-order chi connectivity index (χ0) is 19.9. The van der Waals surface area contributed by atoms with Gasteiger partial charge in [0.15, 0.2) is 17.0 Å². The van der Waals surface area contributed by atoms with Gasteiger partial charge < -0.3 is 15.8 Å². The van der Waals surface area contributed by atoms with Crippen molar-refractivity contribution in [3.8, 4) is 0 Å². The molecule has 7 nitrogen and oxygen atoms in total. The molecule has 2 aromatic heterocycles. The van der Waals surface area contributed by atoms with E-state index < -0.39 is 24.4 Å². The van der Waals surface area contributed by atoms with Crippen LogP contribution in [0.3, 0.4) is 0 Å². The molecule has 3 N–H and O–H groups in total. The number of anilines is 2. The zero-order valence-corrected chi connectivity index (χ0v) is 15.8. The van der Waals surface area contributed by atoms with Crippen molar-refractivity contribution in [2.24, 2.45) is 10.7 Å². The predicted molar refractivity (Wildman–Crippen MR) is 100 cm³/mol. The van der Waals surface area contributed by atoms with Crippen LogP contribution >= 0.6 is 15.9 Å². The molecule has 0 radical (unpaired) electrons. The summed E-state index contributed by atoms with van der Waals surface area (Å²) in [6, 6.07) is 3.76. The lowest BCUT2D eigenvalue weighted by Gasteiger charge is -2.33. The minimum Gasteiger partial charge on any atom is -0.385 e. The van der Waals surface area contributed by atoms with Crippen molar-refractivity contribution in [3.05, 3.63) is 52.8 Å². The summed E-state index contributed by atoms with van der Waals surface area (Å²) in [5, 5.41) is 2.99. The summed E-state index contributed by atoms with van der Waals surface area (Å²) in [4.78, 5) is 12.3. The first-order valence-electron chi connectivity index (χ1n) is 8.15. The molecule has 4 rings (SSSR count). The molecule has 1 aliphatic rings. The van der Waals surface area contributed by atoms with Gasteiger partial charge in [-0.1, -0.05) is 0 Å². The molecule has 0 amide bonds. The van der Waals surface area contributed by atoms with E-state index in [1.165, 1.54) is 12.1 Å². The molecule has 1 atom stereocenters. The van der Waals surface area contributed by atoms with Crippen molar-refractivity contribution in [2.45, 2.75) is 12.0 Å². The number of halogens is 4. The lowest BCUT2D eigenvalue weighted by molar-refractivity contribution is -0.0145. The zero-order valence-electron chi connectivity index (χ0n) is 14.2. The summed E-state index contributed by atoms with van der Waals surface area (Å²) in [6.07, 6.45) is 1.84. The normalized spacial score (nSPS) is 19.8. The summed E-state index contributed by atoms with van der Waals surface area (Å²) in [5.74, 6) is -0.569. The van der Waals surface area contributed by atoms with Crippen molar-refractivity contribution >= 4 is 38.9 Å². The lowest BCUT2D eigenvalue weighted by Crippen LogP contribution is -2.45. The first-order valence-corrected chi connectivity index (χ1v) is 8.95. The van der Waals surface area contributed by atoms with Gasteiger partial charge in [0.25, 0.3) is 6.43 Å². The maximum atomic E-state index is 14.5. The predicted octanol–water partition coefficient (Wildman–Crippen LogP) is 3.22. The molecule has 0 bridgehead atoms. The molecular weight excluding hydrogens is 441 g/mol. The Hall–Kier alpha value is -2.66. The van der Waals surface area contributed by atoms with Gasteiger partial charge in [-0.2, -0.15) is 0 Å². The molecule has 0 aliphatic carbocycles. The fourth-order valence-electron chi connectivity index (χ4n) is 3.05. The molecule has 28 heavy (non-hydrogen) atoms. The Kier molecular flexibility index (Phi) is 4.71. The third-order valence-electron chi connectivity index (χ3n) is 4.35. The number of ether oxygens (including phenoxy) is 1. The van der Waals surface area contributed by atoms with E-state index >= 15 is 0 Å². The Morgan fingerprint density at radius 1 is 1.32 bits per heavy atom. The van der Waals surface area contributed by atoms with Gasteiger partial charge in [0.05, 0.1) is 12.8 Å². The fourth-order valence-corrected chi connectivity index (χ4v) is 3.44. The minimum atomic E-state index is -3.01. The molecule has 0 saturated heterocycles. The molecule has 0 unspecified atom stereocenters. The Labute approximate surface area is 165 Å². The molecule has 146 valence electrons. The van der Waals surface area contributed by atoms with Crippen LogP contribution in [0.4, 0.5) is 24.7 Å². The van der Waals surface area contributed by atoms with Crippen LogP contribution in [0, 0.1) is 5.82 Å². The molecule has 1 aromatic carbocycles. The van der Waals surface area contributed by atoms with E-state index in [2.05, 4.69) is 36.2 Å². The quantitative estimate of drug-likeness (QED) is 0.631. The van der Waals surface area contributed by atoms with E-state index in [0.29, 0.717) is 21.8 Å². The highest BCUT2D eigenvalue weighted by Crippen LogP contribution is 2.38. The number of hydrogen-bond donors (Lipinski definition) is 2. The van der Waals surface area contributed by atoms with Crippen LogP contribution in [0.1, 0.15) is 5.56 Å². The van der Waals surface area contributed by atoms with Gasteiger partial charge in [-0.3, -0.25) is 9.39 Å². The van der Waals surface area contributed by atoms with Gasteiger partial charge in [0.2, 0.25) is 0 Å². The van der Waals surface area contributed by atoms with Crippen LogP contribution < -0.4 is 11.1 Å². The summed E-state index contributed by atoms with van der Waals surface area (Å²) in [5.41, 5.74) is 3.92. The lowest BCUT2D eigenvalue weighted by atomic mass is 9.90. The van der Waals surface area contributed by atoms with Crippen LogP contribution in [0.15, 0.2) is 46.4 Å². The van der Waals surface area contributed by atoms with Gasteiger partial charge >= 0.3 is 0 Å². The molecule has 0 saturated carbocycles. The second-order valence-corrected chi connectivity index (χ2v) is 7.00. The van der Waals surface area contributed by atoms with Gasteiger partial charge in [0, 0.05) is 23.6 Å². The first-order chi connectivity index (χ1) is 13.4. The topological polar surface area (TPSA) is 89.8 Å². The number of rotatable bonds is 4. The van der Waals surface area contributed by atoms with Crippen LogP contribution in [0.2, 0.25) is 0 Å². The largest absolute Gasteiger partial charge is 0.385 e. The first kappa shape index (κ1) is 18.7. The highest BCUT2D eigenvalue weighted by Gasteiger charge is 2.46. The number of nitrogens with zero attached hydrogens (tertiary/aromatic N) is 4. The molecule has 11 heteroatoms. The summed E-state index contributed by atoms with van der Waals surface area (Å²) in [6.45, 7) is -0.554. The average Bonchev–Trinajstić information content (AvgIpc) is 3.05. The van der Waals surface area contributed by atoms with Crippen LogP contribution in [0.25, 0.3) is 5.65 Å². The number of imidazole rings is 1. The van der Waals surface area contributed by atoms with E-state index in [1.54, 1.807) is 23.0 Å². The Morgan fingerprint density at radius 2 is 2.14 bits per heavy atom. The number of hydrogen-bond acceptors (Lipinski definition) is 6. The fraction of sp³-hybridized carbons (Fsp3) is 0.235. The van der Waals surface area contributed by atoms with Gasteiger partial charge in [-0.25, -0.2) is 23.1 Å². The summed E-state index contributed by atoms with van der Waals surface area (Å²) >= 11 is 3.36. The smallest absolute Gasteiger partial charge is 0.269 e. The maximum Gasteiger partial charge on any atom is 0.269 e. The summed E-state index contributed by atoms with van der Waals surface area (Å²) in [7, 11) is 0. The number of fused-ring (bicyclic) bond motifs is 1. The van der Waals surface area contributed by atoms with E-state index in [-0.39, 0.29) is 18.0 Å². The highest BCUT2D eigenvalue weighted by molar-refractivity contribution is 9.10. The van der Waals surface area contributed by atoms with Crippen LogP contribution in [-0.4, -0.2) is 39.8 Å². The molecule has 0 fully saturated rings. The number of nitrogens with one attached hydrogen (secondary N) is 1. The van der Waals surface area contributed by atoms with E-state index in [4.69, 9.17) is 10.5 Å². The third kappa shape index (κ3) is 3.10. The van der Waals surface area contributed by atoms with Gasteiger partial charge in [0.1, 0.15) is 22.9 Å². The molecule has 3 heterocycles. The van der Waals surface area contributed by atoms with E-state index in [9.17, 15) is 13.2 Å². The standard InChI is InChI=1S/C17H14BrF3N6O/c18-12-6-24-15-14(23-3-4-27(12)15)25-9-1-2-11(19)10(5-9)17(16(20)21)8-28-7-13(22)26-17/h1-6,16H,7-8H2,(H2,22,26)(H,23,25)/t17-/m1/s1. The monoisotopic (exact) mass is 454 g/mol. The molecule has 3 aromatic rings. The van der Waals surface area contributed by atoms with Crippen molar-refractivity contribution in [1.82, 2.24) is 14.4 Å². The second kappa shape index (κ2) is 7.06. The Balaban J connectivity index is 1.78. The number of nitrogens with two attached hydrogens (primary N) is 1. The van der Waals surface area contributed by atoms with Crippen molar-refractivity contribution in [1.29, 1.82) is 0 Å². The number of aromatic nitrogens is 3. The number of aliphatic imine (C=N–C) groups is 1. The summed E-state index contributed by atoms with van der Waals surface area (Å²) < 4.78 is 49.9. The second-order valence-electron chi connectivity index (χ2n) is 6.19. The van der Waals surface area contributed by atoms with E-state index in [1.807, 2.05) is 0 Å². The van der Waals surface area contributed by atoms with Crippen molar-refractivity contribution < 1.29 is 17.9 Å². The molecule has 0 spiro atoms.